The van der Waals surface area contributed by atoms with Gasteiger partial charge in [0.1, 0.15) is 5.75 Å². The number of fused-ring (bicyclic) bond motifs is 1. The third-order valence-corrected chi connectivity index (χ3v) is 5.57. The van der Waals surface area contributed by atoms with E-state index in [4.69, 9.17) is 4.74 Å². The molecular weight excluding hydrogens is 352 g/mol. The van der Waals surface area contributed by atoms with Crippen LogP contribution in [0.5, 0.6) is 5.75 Å². The molecule has 2 aromatic heterocycles. The van der Waals surface area contributed by atoms with Crippen molar-refractivity contribution in [2.24, 2.45) is 7.05 Å². The summed E-state index contributed by atoms with van der Waals surface area (Å²) in [5.41, 5.74) is 4.20. The number of hydrogen-bond donors (Lipinski definition) is 2. The van der Waals surface area contributed by atoms with Gasteiger partial charge >= 0.3 is 0 Å². The minimum absolute atomic E-state index is 0.126. The van der Waals surface area contributed by atoms with Crippen LogP contribution in [-0.2, 0) is 13.6 Å². The number of aromatic nitrogens is 4. The molecule has 2 aliphatic rings. The molecule has 0 bridgehead atoms. The molecule has 0 amide bonds. The summed E-state index contributed by atoms with van der Waals surface area (Å²) in [7, 11) is 1.91. The number of ether oxygens (including phenoxy) is 1. The van der Waals surface area contributed by atoms with Gasteiger partial charge in [0.25, 0.3) is 0 Å². The number of rotatable bonds is 5. The molecule has 0 saturated heterocycles. The highest BCUT2D eigenvalue weighted by Crippen LogP contribution is 2.33. The second-order valence-corrected chi connectivity index (χ2v) is 7.81. The zero-order valence-corrected chi connectivity index (χ0v) is 16.1. The topological polar surface area (TPSA) is 68.9 Å². The Morgan fingerprint density at radius 1 is 1.21 bits per heavy atom. The Bertz CT molecular complexity index is 955. The van der Waals surface area contributed by atoms with E-state index in [1.54, 1.807) is 4.68 Å². The van der Waals surface area contributed by atoms with Gasteiger partial charge in [0.2, 0.25) is 6.35 Å². The van der Waals surface area contributed by atoms with Gasteiger partial charge in [-0.25, -0.2) is 4.98 Å². The summed E-state index contributed by atoms with van der Waals surface area (Å²) in [5, 5.41) is 11.3. The highest BCUT2D eigenvalue weighted by atomic mass is 16.5. The Morgan fingerprint density at radius 2 is 2.11 bits per heavy atom. The first-order valence-electron chi connectivity index (χ1n) is 10.1. The standard InChI is InChI=1S/C21H26N6O/c1-26-12-16(10-23-26)19-13-27(14-22-19)11-15-7-8-18-20(9-15)28-21(25-18)24-17-5-3-2-4-6-17/h7-10,12-14,17,21,24-25H,2-6,11H2,1H3. The molecule has 7 nitrogen and oxygen atoms in total. The maximum absolute atomic E-state index is 6.11. The molecule has 0 radical (unpaired) electrons. The van der Waals surface area contributed by atoms with Crippen LogP contribution < -0.4 is 15.4 Å². The summed E-state index contributed by atoms with van der Waals surface area (Å²) < 4.78 is 9.98. The lowest BCUT2D eigenvalue weighted by atomic mass is 9.96. The molecule has 1 aromatic carbocycles. The summed E-state index contributed by atoms with van der Waals surface area (Å²) in [6.07, 6.45) is 14.1. The highest BCUT2D eigenvalue weighted by Gasteiger charge is 2.25. The smallest absolute Gasteiger partial charge is 0.228 e. The van der Waals surface area contributed by atoms with Crippen LogP contribution in [0, 0.1) is 0 Å². The molecule has 7 heteroatoms. The fraction of sp³-hybridized carbons (Fsp3) is 0.429. The monoisotopic (exact) mass is 378 g/mol. The van der Waals surface area contributed by atoms with Crippen molar-refractivity contribution in [2.45, 2.75) is 51.0 Å². The second-order valence-electron chi connectivity index (χ2n) is 7.81. The third kappa shape index (κ3) is 3.62. The summed E-state index contributed by atoms with van der Waals surface area (Å²) in [5.74, 6) is 0.915. The van der Waals surface area contributed by atoms with Crippen LogP contribution in [0.2, 0.25) is 0 Å². The lowest BCUT2D eigenvalue weighted by Gasteiger charge is -2.25. The zero-order valence-electron chi connectivity index (χ0n) is 16.1. The fourth-order valence-corrected chi connectivity index (χ4v) is 4.10. The van der Waals surface area contributed by atoms with Gasteiger partial charge in [-0.15, -0.1) is 0 Å². The summed E-state index contributed by atoms with van der Waals surface area (Å²) in [6.45, 7) is 0.755. The molecule has 1 saturated carbocycles. The maximum atomic E-state index is 6.11. The quantitative estimate of drug-likeness (QED) is 0.713. The molecule has 0 spiro atoms. The molecule has 3 heterocycles. The van der Waals surface area contributed by atoms with E-state index in [9.17, 15) is 0 Å². The van der Waals surface area contributed by atoms with Crippen molar-refractivity contribution in [2.75, 3.05) is 5.32 Å². The van der Waals surface area contributed by atoms with Gasteiger partial charge in [0.05, 0.1) is 23.9 Å². The molecule has 1 fully saturated rings. The molecule has 3 aromatic rings. The van der Waals surface area contributed by atoms with Gasteiger partial charge in [-0.05, 0) is 30.5 Å². The van der Waals surface area contributed by atoms with Crippen LogP contribution in [0.3, 0.4) is 0 Å². The molecule has 1 atom stereocenters. The van der Waals surface area contributed by atoms with Gasteiger partial charge in [-0.2, -0.15) is 5.10 Å². The molecule has 28 heavy (non-hydrogen) atoms. The van der Waals surface area contributed by atoms with Gasteiger partial charge < -0.3 is 14.6 Å². The number of anilines is 1. The number of aryl methyl sites for hydroxylation is 1. The molecule has 146 valence electrons. The van der Waals surface area contributed by atoms with E-state index in [2.05, 4.69) is 49.7 Å². The number of nitrogens with zero attached hydrogens (tertiary/aromatic N) is 4. The molecule has 5 rings (SSSR count). The largest absolute Gasteiger partial charge is 0.455 e. The summed E-state index contributed by atoms with van der Waals surface area (Å²) >= 11 is 0. The SMILES string of the molecule is Cn1cc(-c2cn(Cc3ccc4c(c3)OC(NC3CCCCC3)N4)cn2)cn1. The molecule has 1 aliphatic heterocycles. The second kappa shape index (κ2) is 7.31. The number of imidazole rings is 1. The Labute approximate surface area is 164 Å². The average molecular weight is 378 g/mol. The molecular formula is C21H26N6O. The van der Waals surface area contributed by atoms with Gasteiger partial charge in [0.15, 0.2) is 0 Å². The number of hydrogen-bond acceptors (Lipinski definition) is 5. The van der Waals surface area contributed by atoms with E-state index in [0.717, 1.165) is 29.2 Å². The minimum Gasteiger partial charge on any atom is -0.455 e. The summed E-state index contributed by atoms with van der Waals surface area (Å²) in [4.78, 5) is 4.50. The van der Waals surface area contributed by atoms with Crippen LogP contribution in [0.25, 0.3) is 11.3 Å². The molecule has 2 N–H and O–H groups in total. The van der Waals surface area contributed by atoms with E-state index in [1.807, 2.05) is 25.8 Å². The zero-order chi connectivity index (χ0) is 18.9. The van der Waals surface area contributed by atoms with E-state index >= 15 is 0 Å². The van der Waals surface area contributed by atoms with Crippen molar-refractivity contribution in [3.05, 3.63) is 48.7 Å². The van der Waals surface area contributed by atoms with Crippen molar-refractivity contribution >= 4 is 5.69 Å². The Hall–Kier alpha value is -2.80. The first-order chi connectivity index (χ1) is 13.7. The van der Waals surface area contributed by atoms with E-state index in [1.165, 1.54) is 37.7 Å². The first-order valence-corrected chi connectivity index (χ1v) is 10.1. The van der Waals surface area contributed by atoms with Crippen molar-refractivity contribution in [1.82, 2.24) is 24.6 Å². The van der Waals surface area contributed by atoms with Gasteiger partial charge in [-0.1, -0.05) is 25.3 Å². The average Bonchev–Trinajstić information content (AvgIpc) is 3.42. The van der Waals surface area contributed by atoms with Crippen molar-refractivity contribution in [3.8, 4) is 17.0 Å². The third-order valence-electron chi connectivity index (χ3n) is 5.57. The highest BCUT2D eigenvalue weighted by molar-refractivity contribution is 5.61. The summed E-state index contributed by atoms with van der Waals surface area (Å²) in [6, 6.07) is 6.92. The van der Waals surface area contributed by atoms with Crippen molar-refractivity contribution in [1.29, 1.82) is 0 Å². The lowest BCUT2D eigenvalue weighted by Crippen LogP contribution is -2.45. The Balaban J connectivity index is 1.24. The Morgan fingerprint density at radius 3 is 2.93 bits per heavy atom. The Kier molecular flexibility index (Phi) is 4.52. The van der Waals surface area contributed by atoms with Gasteiger partial charge in [-0.3, -0.25) is 10.00 Å². The number of nitrogens with one attached hydrogen (secondary N) is 2. The van der Waals surface area contributed by atoms with Gasteiger partial charge in [0, 0.05) is 37.6 Å². The normalized spacial score (nSPS) is 19.2. The van der Waals surface area contributed by atoms with E-state index in [0.29, 0.717) is 6.04 Å². The van der Waals surface area contributed by atoms with Crippen LogP contribution in [-0.4, -0.2) is 31.7 Å². The predicted octanol–water partition coefficient (Wildman–Crippen LogP) is 3.34. The number of benzene rings is 1. The fourth-order valence-electron chi connectivity index (χ4n) is 4.10. The van der Waals surface area contributed by atoms with Crippen molar-refractivity contribution < 1.29 is 4.74 Å². The van der Waals surface area contributed by atoms with Crippen LogP contribution in [0.4, 0.5) is 5.69 Å². The minimum atomic E-state index is -0.126. The van der Waals surface area contributed by atoms with Crippen LogP contribution in [0.1, 0.15) is 37.7 Å². The molecule has 1 unspecified atom stereocenters. The van der Waals surface area contributed by atoms with Crippen LogP contribution >= 0.6 is 0 Å². The first kappa shape index (κ1) is 17.3. The van der Waals surface area contributed by atoms with E-state index < -0.39 is 0 Å². The van der Waals surface area contributed by atoms with E-state index in [-0.39, 0.29) is 6.35 Å². The van der Waals surface area contributed by atoms with Crippen molar-refractivity contribution in [3.63, 3.8) is 0 Å². The van der Waals surface area contributed by atoms with Crippen LogP contribution in [0.15, 0.2) is 43.1 Å². The molecule has 1 aliphatic carbocycles. The predicted molar refractivity (Wildman–Crippen MR) is 108 cm³/mol. The maximum Gasteiger partial charge on any atom is 0.228 e. The lowest BCUT2D eigenvalue weighted by molar-refractivity contribution is 0.178.